The predicted octanol–water partition coefficient (Wildman–Crippen LogP) is 2.79. The number of carbonyl (C=O) groups excluding carboxylic acids is 2. The fourth-order valence-corrected chi connectivity index (χ4v) is 4.20. The van der Waals surface area contributed by atoms with Gasteiger partial charge in [0, 0.05) is 38.3 Å². The second kappa shape index (κ2) is 7.29. The van der Waals surface area contributed by atoms with Crippen LogP contribution in [-0.4, -0.2) is 56.7 Å². The van der Waals surface area contributed by atoms with Crippen LogP contribution in [0.2, 0.25) is 0 Å². The van der Waals surface area contributed by atoms with Gasteiger partial charge in [-0.2, -0.15) is 4.39 Å². The van der Waals surface area contributed by atoms with Crippen molar-refractivity contribution in [2.24, 2.45) is 0 Å². The highest BCUT2D eigenvalue weighted by atomic mass is 19.1. The molecule has 2 aromatic heterocycles. The zero-order valence-electron chi connectivity index (χ0n) is 15.7. The third kappa shape index (κ3) is 3.42. The zero-order chi connectivity index (χ0) is 19.0. The Labute approximate surface area is 158 Å². The molecule has 0 radical (unpaired) electrons. The number of imidazole rings is 1. The van der Waals surface area contributed by atoms with E-state index < -0.39 is 5.95 Å². The van der Waals surface area contributed by atoms with Crippen molar-refractivity contribution >= 4 is 17.5 Å². The predicted molar refractivity (Wildman–Crippen MR) is 99.0 cm³/mol. The molecule has 0 spiro atoms. The number of aromatic nitrogens is 2. The molecule has 2 aromatic rings. The smallest absolute Gasteiger partial charge is 0.277 e. The summed E-state index contributed by atoms with van der Waals surface area (Å²) in [7, 11) is 0. The molecule has 0 N–H and O–H groups in total. The average Bonchev–Trinajstić information content (AvgIpc) is 3.22. The molecule has 27 heavy (non-hydrogen) atoms. The Balaban J connectivity index is 1.53. The summed E-state index contributed by atoms with van der Waals surface area (Å²) in [6.45, 7) is 4.00. The van der Waals surface area contributed by atoms with Gasteiger partial charge in [0.1, 0.15) is 5.65 Å². The highest BCUT2D eigenvalue weighted by Crippen LogP contribution is 2.24. The van der Waals surface area contributed by atoms with Gasteiger partial charge in [-0.25, -0.2) is 4.98 Å². The van der Waals surface area contributed by atoms with E-state index in [4.69, 9.17) is 0 Å². The third-order valence-corrected chi connectivity index (χ3v) is 5.72. The van der Waals surface area contributed by atoms with Crippen LogP contribution in [0.15, 0.2) is 18.3 Å². The van der Waals surface area contributed by atoms with E-state index in [1.165, 1.54) is 4.40 Å². The quantitative estimate of drug-likeness (QED) is 0.829. The molecular weight excluding hydrogens is 347 g/mol. The van der Waals surface area contributed by atoms with E-state index in [0.717, 1.165) is 44.2 Å². The number of aryl methyl sites for hydroxylation is 1. The van der Waals surface area contributed by atoms with E-state index in [0.29, 0.717) is 25.2 Å². The van der Waals surface area contributed by atoms with Gasteiger partial charge in [-0.1, -0.05) is 0 Å². The number of carbonyl (C=O) groups is 2. The lowest BCUT2D eigenvalue weighted by atomic mass is 9.98. The van der Waals surface area contributed by atoms with E-state index in [1.807, 2.05) is 11.8 Å². The van der Waals surface area contributed by atoms with Crippen molar-refractivity contribution < 1.29 is 14.0 Å². The Hall–Kier alpha value is -2.44. The maximum atomic E-state index is 14.8. The van der Waals surface area contributed by atoms with E-state index >= 15 is 0 Å². The molecule has 7 heteroatoms. The first kappa shape index (κ1) is 17.9. The number of hydrogen-bond acceptors (Lipinski definition) is 3. The number of nitrogens with zero attached hydrogens (tertiary/aromatic N) is 4. The first-order valence-corrected chi connectivity index (χ1v) is 9.77. The number of fused-ring (bicyclic) bond motifs is 1. The fraction of sp³-hybridized carbons (Fsp3) is 0.550. The normalized spacial score (nSPS) is 20.7. The van der Waals surface area contributed by atoms with Gasteiger partial charge in [0.05, 0.1) is 0 Å². The lowest BCUT2D eigenvalue weighted by Gasteiger charge is -2.36. The molecule has 0 unspecified atom stereocenters. The molecule has 6 nitrogen and oxygen atoms in total. The number of amides is 2. The number of halogens is 1. The van der Waals surface area contributed by atoms with Crippen molar-refractivity contribution in [2.75, 3.05) is 19.6 Å². The summed E-state index contributed by atoms with van der Waals surface area (Å²) in [5, 5.41) is 0. The van der Waals surface area contributed by atoms with Gasteiger partial charge >= 0.3 is 0 Å². The molecule has 0 bridgehead atoms. The summed E-state index contributed by atoms with van der Waals surface area (Å²) >= 11 is 0. The van der Waals surface area contributed by atoms with Crippen molar-refractivity contribution in [1.29, 1.82) is 0 Å². The molecule has 144 valence electrons. The molecular formula is C20H25FN4O2. The number of rotatable bonds is 4. The Morgan fingerprint density at radius 1 is 1.30 bits per heavy atom. The van der Waals surface area contributed by atoms with Crippen molar-refractivity contribution in [3.8, 4) is 0 Å². The van der Waals surface area contributed by atoms with Gasteiger partial charge in [0.25, 0.3) is 5.91 Å². The highest BCUT2D eigenvalue weighted by molar-refractivity contribution is 5.93. The maximum Gasteiger partial charge on any atom is 0.277 e. The Bertz CT molecular complexity index is 878. The largest absolute Gasteiger partial charge is 0.343 e. The van der Waals surface area contributed by atoms with Crippen LogP contribution >= 0.6 is 0 Å². The van der Waals surface area contributed by atoms with Crippen LogP contribution in [0.3, 0.4) is 0 Å². The number of hydrogen-bond donors (Lipinski definition) is 0. The summed E-state index contributed by atoms with van der Waals surface area (Å²) in [5.41, 5.74) is 1.31. The minimum absolute atomic E-state index is 0.0330. The van der Waals surface area contributed by atoms with E-state index in [2.05, 4.69) is 4.98 Å². The third-order valence-electron chi connectivity index (χ3n) is 5.72. The van der Waals surface area contributed by atoms with E-state index in [1.54, 1.807) is 23.2 Å². The number of likely N-dealkylation sites (tertiary alicyclic amines) is 2. The lowest BCUT2D eigenvalue weighted by molar-refractivity contribution is -0.127. The number of pyridine rings is 1. The maximum absolute atomic E-state index is 14.8. The van der Waals surface area contributed by atoms with Crippen LogP contribution in [0.5, 0.6) is 0 Å². The molecule has 2 amide bonds. The van der Waals surface area contributed by atoms with Gasteiger partial charge in [-0.05, 0) is 56.7 Å². The Kier molecular flexibility index (Phi) is 4.85. The molecule has 1 atom stereocenters. The van der Waals surface area contributed by atoms with Crippen molar-refractivity contribution in [3.05, 3.63) is 35.5 Å². The van der Waals surface area contributed by atoms with Gasteiger partial charge in [-0.3, -0.25) is 14.0 Å². The molecule has 0 saturated carbocycles. The molecule has 2 aliphatic rings. The van der Waals surface area contributed by atoms with Crippen LogP contribution in [0, 0.1) is 12.9 Å². The number of piperidine rings is 1. The van der Waals surface area contributed by atoms with Crippen LogP contribution in [0.1, 0.15) is 54.6 Å². The van der Waals surface area contributed by atoms with Crippen molar-refractivity contribution in [3.63, 3.8) is 0 Å². The molecule has 2 saturated heterocycles. The van der Waals surface area contributed by atoms with Crippen LogP contribution in [-0.2, 0) is 4.79 Å². The van der Waals surface area contributed by atoms with Gasteiger partial charge < -0.3 is 9.80 Å². The lowest BCUT2D eigenvalue weighted by Crippen LogP contribution is -2.45. The summed E-state index contributed by atoms with van der Waals surface area (Å²) in [4.78, 5) is 32.8. The van der Waals surface area contributed by atoms with Gasteiger partial charge in [-0.15, -0.1) is 0 Å². The minimum Gasteiger partial charge on any atom is -0.343 e. The Morgan fingerprint density at radius 2 is 2.15 bits per heavy atom. The molecule has 4 heterocycles. The molecule has 4 rings (SSSR count). The molecule has 2 fully saturated rings. The second-order valence-corrected chi connectivity index (χ2v) is 7.60. The summed E-state index contributed by atoms with van der Waals surface area (Å²) in [5.74, 6) is -0.745. The van der Waals surface area contributed by atoms with Crippen LogP contribution < -0.4 is 0 Å². The van der Waals surface area contributed by atoms with E-state index in [-0.39, 0.29) is 23.6 Å². The van der Waals surface area contributed by atoms with Crippen molar-refractivity contribution in [2.45, 2.75) is 51.5 Å². The standard InChI is InChI=1S/C20H25FN4O2/c1-14-7-12-25-16(13-14)22-18(19(25)21)20(27)24-10-3-2-5-15(24)8-11-23-9-4-6-17(23)26/h7,12-13,15H,2-6,8-11H2,1H3/t15-/m1/s1. The van der Waals surface area contributed by atoms with E-state index in [9.17, 15) is 14.0 Å². The summed E-state index contributed by atoms with van der Waals surface area (Å²) < 4.78 is 16.1. The molecule has 0 aliphatic carbocycles. The monoisotopic (exact) mass is 372 g/mol. The van der Waals surface area contributed by atoms with Crippen LogP contribution in [0.4, 0.5) is 4.39 Å². The Morgan fingerprint density at radius 3 is 2.93 bits per heavy atom. The first-order chi connectivity index (χ1) is 13.0. The van der Waals surface area contributed by atoms with Crippen molar-refractivity contribution in [1.82, 2.24) is 19.2 Å². The topological polar surface area (TPSA) is 57.9 Å². The summed E-state index contributed by atoms with van der Waals surface area (Å²) in [6, 6.07) is 3.60. The van der Waals surface area contributed by atoms with Gasteiger partial charge in [0.2, 0.25) is 11.9 Å². The molecule has 0 aromatic carbocycles. The van der Waals surface area contributed by atoms with Crippen LogP contribution in [0.25, 0.3) is 5.65 Å². The average molecular weight is 372 g/mol. The van der Waals surface area contributed by atoms with Gasteiger partial charge in [0.15, 0.2) is 5.69 Å². The fourth-order valence-electron chi connectivity index (χ4n) is 4.20. The molecule has 2 aliphatic heterocycles. The summed E-state index contributed by atoms with van der Waals surface area (Å²) in [6.07, 6.45) is 6.75. The highest BCUT2D eigenvalue weighted by Gasteiger charge is 2.32. The minimum atomic E-state index is -0.603. The SMILES string of the molecule is Cc1ccn2c(F)c(C(=O)N3CCCC[C@@H]3CCN3CCCC3=O)nc2c1. The first-order valence-electron chi connectivity index (χ1n) is 9.77. The second-order valence-electron chi connectivity index (χ2n) is 7.60. The zero-order valence-corrected chi connectivity index (χ0v) is 15.7.